The first-order valence-electron chi connectivity index (χ1n) is 5.86. The normalized spacial score (nSPS) is 11.1. The van der Waals surface area contributed by atoms with Gasteiger partial charge in [-0.15, -0.1) is 0 Å². The Morgan fingerprint density at radius 2 is 1.87 bits per heavy atom. The molecule has 0 aromatic heterocycles. The predicted octanol–water partition coefficient (Wildman–Crippen LogP) is 3.32. The Kier molecular flexibility index (Phi) is 4.34. The van der Waals surface area contributed by atoms with Crippen LogP contribution in [0, 0.1) is 13.8 Å². The van der Waals surface area contributed by atoms with Gasteiger partial charge in [-0.2, -0.15) is 0 Å². The highest BCUT2D eigenvalue weighted by Gasteiger charge is 2.06. The fourth-order valence-electron chi connectivity index (χ4n) is 1.85. The molecule has 0 aliphatic rings. The van der Waals surface area contributed by atoms with Gasteiger partial charge in [-0.25, -0.2) is 0 Å². The van der Waals surface area contributed by atoms with E-state index in [1.807, 2.05) is 0 Å². The Bertz CT molecular complexity index is 326. The quantitative estimate of drug-likeness (QED) is 0.801. The van der Waals surface area contributed by atoms with E-state index in [0.29, 0.717) is 5.92 Å². The lowest BCUT2D eigenvalue weighted by atomic mass is 9.92. The molecule has 0 aliphatic carbocycles. The smallest absolute Gasteiger partial charge is 0.00741 e. The second-order valence-electron chi connectivity index (χ2n) is 4.67. The summed E-state index contributed by atoms with van der Waals surface area (Å²) in [7, 11) is 0. The van der Waals surface area contributed by atoms with Crippen molar-refractivity contribution in [2.45, 2.75) is 46.5 Å². The van der Waals surface area contributed by atoms with Crippen molar-refractivity contribution < 1.29 is 0 Å². The van der Waals surface area contributed by atoms with Gasteiger partial charge < -0.3 is 5.73 Å². The van der Waals surface area contributed by atoms with Crippen LogP contribution in [0.4, 0.5) is 0 Å². The fraction of sp³-hybridized carbons (Fsp3) is 0.571. The molecule has 0 aliphatic heterocycles. The van der Waals surface area contributed by atoms with E-state index in [-0.39, 0.29) is 0 Å². The van der Waals surface area contributed by atoms with Gasteiger partial charge >= 0.3 is 0 Å². The van der Waals surface area contributed by atoms with Gasteiger partial charge in [0.15, 0.2) is 0 Å². The molecule has 1 aromatic rings. The first-order chi connectivity index (χ1) is 7.06. The van der Waals surface area contributed by atoms with Crippen LogP contribution in [0.3, 0.4) is 0 Å². The molecule has 0 radical (unpaired) electrons. The summed E-state index contributed by atoms with van der Waals surface area (Å²) in [6, 6.07) is 4.66. The average molecular weight is 205 g/mol. The molecular weight excluding hydrogens is 182 g/mol. The minimum absolute atomic E-state index is 0.612. The second kappa shape index (κ2) is 5.32. The maximum absolute atomic E-state index is 5.56. The molecule has 0 fully saturated rings. The summed E-state index contributed by atoms with van der Waals surface area (Å²) in [6.07, 6.45) is 2.20. The van der Waals surface area contributed by atoms with Crippen LogP contribution in [0.15, 0.2) is 12.1 Å². The van der Waals surface area contributed by atoms with Gasteiger partial charge in [0, 0.05) is 0 Å². The van der Waals surface area contributed by atoms with Gasteiger partial charge in [0.2, 0.25) is 0 Å². The zero-order chi connectivity index (χ0) is 11.4. The molecule has 2 N–H and O–H groups in total. The Morgan fingerprint density at radius 1 is 1.20 bits per heavy atom. The lowest BCUT2D eigenvalue weighted by Crippen LogP contribution is -2.03. The summed E-state index contributed by atoms with van der Waals surface area (Å²) in [4.78, 5) is 0. The third-order valence-electron chi connectivity index (χ3n) is 3.11. The van der Waals surface area contributed by atoms with Crippen LogP contribution in [-0.4, -0.2) is 6.54 Å². The monoisotopic (exact) mass is 205 g/mol. The molecule has 84 valence electrons. The highest BCUT2D eigenvalue weighted by Crippen LogP contribution is 2.22. The fourth-order valence-corrected chi connectivity index (χ4v) is 1.85. The van der Waals surface area contributed by atoms with Gasteiger partial charge in [0.1, 0.15) is 0 Å². The minimum Gasteiger partial charge on any atom is -0.330 e. The lowest BCUT2D eigenvalue weighted by molar-refractivity contribution is 0.813. The molecule has 0 unspecified atom stereocenters. The molecule has 1 heteroatoms. The summed E-state index contributed by atoms with van der Waals surface area (Å²) in [6.45, 7) is 9.69. The largest absolute Gasteiger partial charge is 0.330 e. The van der Waals surface area contributed by atoms with Gasteiger partial charge in [-0.1, -0.05) is 26.0 Å². The third kappa shape index (κ3) is 3.07. The molecule has 0 atom stereocenters. The maximum atomic E-state index is 5.56. The van der Waals surface area contributed by atoms with E-state index >= 15 is 0 Å². The highest BCUT2D eigenvalue weighted by atomic mass is 14.5. The molecule has 15 heavy (non-hydrogen) atoms. The predicted molar refractivity (Wildman–Crippen MR) is 67.4 cm³/mol. The molecular formula is C14H23N. The molecule has 0 saturated heterocycles. The number of hydrogen-bond donors (Lipinski definition) is 1. The molecule has 0 heterocycles. The first kappa shape index (κ1) is 12.3. The van der Waals surface area contributed by atoms with Crippen molar-refractivity contribution >= 4 is 0 Å². The number of rotatable bonds is 4. The summed E-state index contributed by atoms with van der Waals surface area (Å²) in [5, 5.41) is 0. The van der Waals surface area contributed by atoms with E-state index < -0.39 is 0 Å². The summed E-state index contributed by atoms with van der Waals surface area (Å²) >= 11 is 0. The van der Waals surface area contributed by atoms with Crippen molar-refractivity contribution in [2.24, 2.45) is 5.73 Å². The molecule has 0 saturated carbocycles. The first-order valence-corrected chi connectivity index (χ1v) is 5.86. The van der Waals surface area contributed by atoms with Crippen LogP contribution < -0.4 is 5.73 Å². The minimum atomic E-state index is 0.612. The van der Waals surface area contributed by atoms with Crippen molar-refractivity contribution in [3.05, 3.63) is 34.4 Å². The number of benzene rings is 1. The molecule has 1 rings (SSSR count). The van der Waals surface area contributed by atoms with Gasteiger partial charge in [0.05, 0.1) is 0 Å². The van der Waals surface area contributed by atoms with Crippen molar-refractivity contribution in [1.29, 1.82) is 0 Å². The van der Waals surface area contributed by atoms with Crippen LogP contribution in [0.1, 0.15) is 48.4 Å². The van der Waals surface area contributed by atoms with E-state index in [1.165, 1.54) is 22.3 Å². The van der Waals surface area contributed by atoms with Crippen LogP contribution in [0.25, 0.3) is 0 Å². The van der Waals surface area contributed by atoms with E-state index in [2.05, 4.69) is 39.8 Å². The Morgan fingerprint density at radius 3 is 2.40 bits per heavy atom. The Balaban J connectivity index is 3.02. The topological polar surface area (TPSA) is 26.0 Å². The van der Waals surface area contributed by atoms with E-state index in [4.69, 9.17) is 5.73 Å². The molecule has 1 nitrogen and oxygen atoms in total. The van der Waals surface area contributed by atoms with Gasteiger partial charge in [-0.05, 0) is 61.4 Å². The van der Waals surface area contributed by atoms with Crippen LogP contribution in [0.5, 0.6) is 0 Å². The molecule has 1 aromatic carbocycles. The summed E-state index contributed by atoms with van der Waals surface area (Å²) < 4.78 is 0. The van der Waals surface area contributed by atoms with Crippen molar-refractivity contribution in [3.63, 3.8) is 0 Å². The van der Waals surface area contributed by atoms with Crippen molar-refractivity contribution in [1.82, 2.24) is 0 Å². The van der Waals surface area contributed by atoms with Crippen molar-refractivity contribution in [2.75, 3.05) is 6.54 Å². The Labute approximate surface area is 93.7 Å². The molecule has 0 spiro atoms. The van der Waals surface area contributed by atoms with Crippen LogP contribution in [0.2, 0.25) is 0 Å². The third-order valence-corrected chi connectivity index (χ3v) is 3.11. The SMILES string of the molecule is Cc1cc(C(C)C)cc(CCCN)c1C. The maximum Gasteiger partial charge on any atom is -0.00741 e. The molecule has 0 amide bonds. The average Bonchev–Trinajstić information content (AvgIpc) is 2.19. The number of hydrogen-bond acceptors (Lipinski definition) is 1. The van der Waals surface area contributed by atoms with Gasteiger partial charge in [-0.3, -0.25) is 0 Å². The number of aryl methyl sites for hydroxylation is 2. The lowest BCUT2D eigenvalue weighted by Gasteiger charge is -2.14. The van der Waals surface area contributed by atoms with E-state index in [1.54, 1.807) is 0 Å². The zero-order valence-corrected chi connectivity index (χ0v) is 10.4. The van der Waals surface area contributed by atoms with Crippen molar-refractivity contribution in [3.8, 4) is 0 Å². The summed E-state index contributed by atoms with van der Waals surface area (Å²) in [5.41, 5.74) is 11.3. The number of nitrogens with two attached hydrogens (primary N) is 1. The van der Waals surface area contributed by atoms with E-state index in [9.17, 15) is 0 Å². The van der Waals surface area contributed by atoms with Crippen LogP contribution >= 0.6 is 0 Å². The molecule has 0 bridgehead atoms. The van der Waals surface area contributed by atoms with Gasteiger partial charge in [0.25, 0.3) is 0 Å². The van der Waals surface area contributed by atoms with E-state index in [0.717, 1.165) is 19.4 Å². The highest BCUT2D eigenvalue weighted by molar-refractivity contribution is 5.39. The summed E-state index contributed by atoms with van der Waals surface area (Å²) in [5.74, 6) is 0.612. The van der Waals surface area contributed by atoms with Crippen LogP contribution in [-0.2, 0) is 6.42 Å². The second-order valence-corrected chi connectivity index (χ2v) is 4.67. The standard InChI is InChI=1S/C14H23N/c1-10(2)14-8-11(3)12(4)13(9-14)6-5-7-15/h8-10H,5-7,15H2,1-4H3. The zero-order valence-electron chi connectivity index (χ0n) is 10.4. The Hall–Kier alpha value is -0.820.